The van der Waals surface area contributed by atoms with Gasteiger partial charge in [0.1, 0.15) is 4.90 Å². The van der Waals surface area contributed by atoms with Crippen molar-refractivity contribution in [3.05, 3.63) is 36.2 Å². The molecule has 9 nitrogen and oxygen atoms in total. The van der Waals surface area contributed by atoms with Gasteiger partial charge in [0, 0.05) is 18.8 Å². The summed E-state index contributed by atoms with van der Waals surface area (Å²) in [5, 5.41) is 4.35. The van der Waals surface area contributed by atoms with Gasteiger partial charge in [0.15, 0.2) is 0 Å². The van der Waals surface area contributed by atoms with Crippen LogP contribution in [0.3, 0.4) is 0 Å². The number of hydrogen-bond donors (Lipinski definition) is 2. The van der Waals surface area contributed by atoms with E-state index in [1.54, 1.807) is 17.8 Å². The molecule has 0 unspecified atom stereocenters. The normalized spacial score (nSPS) is 15.5. The number of hydrogen-bond acceptors (Lipinski definition) is 6. The number of benzene rings is 1. The zero-order valence-corrected chi connectivity index (χ0v) is 17.2. The Labute approximate surface area is 164 Å². The van der Waals surface area contributed by atoms with Crippen LogP contribution in [0, 0.1) is 6.92 Å². The fourth-order valence-electron chi connectivity index (χ4n) is 3.25. The maximum atomic E-state index is 12.7. The standard InChI is InChI=1S/C17H22N4O5S2/c1-12-17(11-21(18-12)15-5-3-4-6-15)28(25,26)20-14-7-9-16(10-8-14)27(23,24)19-13(2)22/h7-11,15,20H,3-6H2,1-2H3,(H,19,22). The zero-order chi connectivity index (χ0) is 20.5. The molecule has 1 aromatic carbocycles. The van der Waals surface area contributed by atoms with Crippen LogP contribution in [0.15, 0.2) is 40.3 Å². The molecule has 0 radical (unpaired) electrons. The van der Waals surface area contributed by atoms with Gasteiger partial charge >= 0.3 is 0 Å². The zero-order valence-electron chi connectivity index (χ0n) is 15.5. The molecule has 1 aromatic heterocycles. The Bertz CT molecular complexity index is 1080. The third kappa shape index (κ3) is 4.36. The van der Waals surface area contributed by atoms with Gasteiger partial charge in [0.2, 0.25) is 5.91 Å². The lowest BCUT2D eigenvalue weighted by molar-refractivity contribution is -0.117. The number of carbonyl (C=O) groups excluding carboxylic acids is 1. The van der Waals surface area contributed by atoms with Crippen LogP contribution in [0.2, 0.25) is 0 Å². The predicted molar refractivity (Wildman–Crippen MR) is 103 cm³/mol. The van der Waals surface area contributed by atoms with Crippen molar-refractivity contribution in [3.63, 3.8) is 0 Å². The first-order valence-corrected chi connectivity index (χ1v) is 11.8. The molecule has 1 aliphatic carbocycles. The van der Waals surface area contributed by atoms with Crippen LogP contribution in [0.4, 0.5) is 5.69 Å². The van der Waals surface area contributed by atoms with E-state index in [-0.39, 0.29) is 21.5 Å². The lowest BCUT2D eigenvalue weighted by Crippen LogP contribution is -2.28. The second kappa shape index (κ2) is 7.55. The largest absolute Gasteiger partial charge is 0.280 e. The van der Waals surface area contributed by atoms with Crippen LogP contribution in [-0.4, -0.2) is 32.5 Å². The van der Waals surface area contributed by atoms with Gasteiger partial charge in [-0.05, 0) is 44.0 Å². The Morgan fingerprint density at radius 3 is 2.25 bits per heavy atom. The highest BCUT2D eigenvalue weighted by molar-refractivity contribution is 7.92. The molecule has 152 valence electrons. The second-order valence-corrected chi connectivity index (χ2v) is 10.1. The Balaban J connectivity index is 1.80. The highest BCUT2D eigenvalue weighted by Crippen LogP contribution is 2.30. The van der Waals surface area contributed by atoms with Crippen molar-refractivity contribution in [1.29, 1.82) is 0 Å². The quantitative estimate of drug-likeness (QED) is 0.727. The van der Waals surface area contributed by atoms with Crippen molar-refractivity contribution < 1.29 is 21.6 Å². The van der Waals surface area contributed by atoms with E-state index < -0.39 is 26.0 Å². The summed E-state index contributed by atoms with van der Waals surface area (Å²) in [5.74, 6) is -0.709. The van der Waals surface area contributed by atoms with Gasteiger partial charge in [-0.15, -0.1) is 0 Å². The van der Waals surface area contributed by atoms with Gasteiger partial charge in [0.05, 0.1) is 16.6 Å². The number of carbonyl (C=O) groups is 1. The van der Waals surface area contributed by atoms with Crippen LogP contribution in [-0.2, 0) is 24.8 Å². The summed E-state index contributed by atoms with van der Waals surface area (Å²) in [6.07, 6.45) is 5.73. The number of aryl methyl sites for hydroxylation is 1. The molecule has 0 bridgehead atoms. The minimum atomic E-state index is -3.98. The highest BCUT2D eigenvalue weighted by atomic mass is 32.2. The molecule has 0 atom stereocenters. The van der Waals surface area contributed by atoms with Gasteiger partial charge in [-0.3, -0.25) is 14.2 Å². The van der Waals surface area contributed by atoms with E-state index >= 15 is 0 Å². The molecule has 0 saturated heterocycles. The van der Waals surface area contributed by atoms with E-state index in [1.807, 2.05) is 4.72 Å². The molecule has 0 spiro atoms. The maximum Gasteiger partial charge on any atom is 0.265 e. The maximum absolute atomic E-state index is 12.7. The SMILES string of the molecule is CC(=O)NS(=O)(=O)c1ccc(NS(=O)(=O)c2cn(C3CCCC3)nc2C)cc1. The van der Waals surface area contributed by atoms with Crippen molar-refractivity contribution in [2.24, 2.45) is 0 Å². The topological polar surface area (TPSA) is 127 Å². The molecule has 1 heterocycles. The first-order valence-electron chi connectivity index (χ1n) is 8.80. The molecule has 2 N–H and O–H groups in total. The third-order valence-electron chi connectivity index (χ3n) is 4.55. The van der Waals surface area contributed by atoms with Crippen LogP contribution < -0.4 is 9.44 Å². The van der Waals surface area contributed by atoms with Crippen molar-refractivity contribution in [3.8, 4) is 0 Å². The fourth-order valence-corrected chi connectivity index (χ4v) is 5.47. The molecule has 11 heteroatoms. The van der Waals surface area contributed by atoms with E-state index in [0.717, 1.165) is 32.6 Å². The number of rotatable bonds is 6. The number of amides is 1. The number of nitrogens with one attached hydrogen (secondary N) is 2. The van der Waals surface area contributed by atoms with Crippen LogP contribution in [0.25, 0.3) is 0 Å². The smallest absolute Gasteiger partial charge is 0.265 e. The van der Waals surface area contributed by atoms with Crippen LogP contribution in [0.1, 0.15) is 44.3 Å². The molecule has 3 rings (SSSR count). The summed E-state index contributed by atoms with van der Waals surface area (Å²) in [5.41, 5.74) is 0.610. The molecular weight excluding hydrogens is 404 g/mol. The molecule has 1 amide bonds. The average molecular weight is 427 g/mol. The lowest BCUT2D eigenvalue weighted by Gasteiger charge is -2.09. The first-order chi connectivity index (χ1) is 13.1. The fraction of sp³-hybridized carbons (Fsp3) is 0.412. The average Bonchev–Trinajstić information content (AvgIpc) is 3.23. The molecular formula is C17H22N4O5S2. The monoisotopic (exact) mass is 426 g/mol. The summed E-state index contributed by atoms with van der Waals surface area (Å²) in [6.45, 7) is 2.73. The number of aromatic nitrogens is 2. The van der Waals surface area contributed by atoms with Crippen molar-refractivity contribution >= 4 is 31.6 Å². The van der Waals surface area contributed by atoms with Gasteiger partial charge in [0.25, 0.3) is 20.0 Å². The van der Waals surface area contributed by atoms with Crippen molar-refractivity contribution in [2.75, 3.05) is 4.72 Å². The minimum Gasteiger partial charge on any atom is -0.280 e. The first kappa shape index (κ1) is 20.3. The molecule has 1 aliphatic rings. The predicted octanol–water partition coefficient (Wildman–Crippen LogP) is 1.93. The van der Waals surface area contributed by atoms with Gasteiger partial charge in [-0.1, -0.05) is 12.8 Å². The number of sulfonamides is 2. The number of nitrogens with zero attached hydrogens (tertiary/aromatic N) is 2. The van der Waals surface area contributed by atoms with E-state index in [0.29, 0.717) is 5.69 Å². The van der Waals surface area contributed by atoms with E-state index in [2.05, 4.69) is 9.82 Å². The Hall–Kier alpha value is -2.40. The molecule has 1 fully saturated rings. The number of anilines is 1. The highest BCUT2D eigenvalue weighted by Gasteiger charge is 2.25. The molecule has 1 saturated carbocycles. The molecule has 28 heavy (non-hydrogen) atoms. The van der Waals surface area contributed by atoms with Crippen molar-refractivity contribution in [2.45, 2.75) is 55.4 Å². The van der Waals surface area contributed by atoms with E-state index in [4.69, 9.17) is 0 Å². The van der Waals surface area contributed by atoms with Crippen molar-refractivity contribution in [1.82, 2.24) is 14.5 Å². The summed E-state index contributed by atoms with van der Waals surface area (Å²) < 4.78 is 55.4. The van der Waals surface area contributed by atoms with Gasteiger partial charge in [-0.2, -0.15) is 5.10 Å². The van der Waals surface area contributed by atoms with Gasteiger partial charge < -0.3 is 0 Å². The second-order valence-electron chi connectivity index (χ2n) is 6.79. The Morgan fingerprint density at radius 2 is 1.68 bits per heavy atom. The molecule has 2 aromatic rings. The lowest BCUT2D eigenvalue weighted by atomic mass is 10.3. The molecule has 0 aliphatic heterocycles. The van der Waals surface area contributed by atoms with Crippen LogP contribution in [0.5, 0.6) is 0 Å². The Kier molecular flexibility index (Phi) is 5.48. The van der Waals surface area contributed by atoms with Crippen LogP contribution >= 0.6 is 0 Å². The summed E-state index contributed by atoms with van der Waals surface area (Å²) >= 11 is 0. The van der Waals surface area contributed by atoms with E-state index in [9.17, 15) is 21.6 Å². The summed E-state index contributed by atoms with van der Waals surface area (Å²) in [7, 11) is -7.85. The summed E-state index contributed by atoms with van der Waals surface area (Å²) in [4.78, 5) is 10.9. The Morgan fingerprint density at radius 1 is 1.07 bits per heavy atom. The summed E-state index contributed by atoms with van der Waals surface area (Å²) in [6, 6.07) is 5.31. The third-order valence-corrected chi connectivity index (χ3v) is 7.49. The minimum absolute atomic E-state index is 0.0920. The van der Waals surface area contributed by atoms with E-state index in [1.165, 1.54) is 24.3 Å². The van der Waals surface area contributed by atoms with Gasteiger partial charge in [-0.25, -0.2) is 21.6 Å².